The van der Waals surface area contributed by atoms with Gasteiger partial charge in [0.05, 0.1) is 23.4 Å². The summed E-state index contributed by atoms with van der Waals surface area (Å²) in [6, 6.07) is 12.4. The van der Waals surface area contributed by atoms with E-state index in [0.29, 0.717) is 27.2 Å². The van der Waals surface area contributed by atoms with Crippen molar-refractivity contribution in [3.05, 3.63) is 87.3 Å². The molecule has 188 valence electrons. The first-order chi connectivity index (χ1) is 18.0. The van der Waals surface area contributed by atoms with E-state index in [-0.39, 0.29) is 11.6 Å². The molecule has 10 nitrogen and oxygen atoms in total. The second-order valence-corrected chi connectivity index (χ2v) is 10.4. The van der Waals surface area contributed by atoms with Crippen LogP contribution >= 0.6 is 22.9 Å². The molecule has 2 atom stereocenters. The second-order valence-electron chi connectivity index (χ2n) is 9.00. The smallest absolute Gasteiger partial charge is 0.288 e. The highest BCUT2D eigenvalue weighted by atomic mass is 35.5. The quantitative estimate of drug-likeness (QED) is 0.304. The topological polar surface area (TPSA) is 113 Å². The van der Waals surface area contributed by atoms with Crippen molar-refractivity contribution >= 4 is 39.0 Å². The highest BCUT2D eigenvalue weighted by molar-refractivity contribution is 7.17. The van der Waals surface area contributed by atoms with Crippen molar-refractivity contribution in [3.8, 4) is 5.00 Å². The van der Waals surface area contributed by atoms with E-state index in [1.165, 1.54) is 16.1 Å². The fourth-order valence-electron chi connectivity index (χ4n) is 4.17. The Balaban J connectivity index is 1.32. The number of hydrogen-bond donors (Lipinski definition) is 1. The van der Waals surface area contributed by atoms with Crippen molar-refractivity contribution in [2.45, 2.75) is 44.8 Å². The molecule has 4 aromatic heterocycles. The number of fused-ring (bicyclic) bond motifs is 1. The predicted octanol–water partition coefficient (Wildman–Crippen LogP) is 4.72. The third kappa shape index (κ3) is 4.67. The summed E-state index contributed by atoms with van der Waals surface area (Å²) < 4.78 is 3.07. The Morgan fingerprint density at radius 3 is 2.81 bits per heavy atom. The molecule has 0 spiro atoms. The number of hydrogen-bond acceptors (Lipinski definition) is 9. The maximum absolute atomic E-state index is 13.7. The largest absolute Gasteiger partial charge is 0.401 e. The van der Waals surface area contributed by atoms with E-state index in [9.17, 15) is 4.79 Å². The van der Waals surface area contributed by atoms with E-state index in [0.717, 1.165) is 34.7 Å². The van der Waals surface area contributed by atoms with E-state index in [1.54, 1.807) is 29.2 Å². The van der Waals surface area contributed by atoms with Crippen molar-refractivity contribution < 1.29 is 4.84 Å². The van der Waals surface area contributed by atoms with Crippen LogP contribution in [-0.2, 0) is 0 Å². The summed E-state index contributed by atoms with van der Waals surface area (Å²) in [5.74, 6) is 1.26. The number of pyridine rings is 2. The fraction of sp³-hybridized carbons (Fsp3) is 0.280. The van der Waals surface area contributed by atoms with Gasteiger partial charge in [0.15, 0.2) is 17.1 Å². The monoisotopic (exact) mass is 534 g/mol. The molecule has 0 radical (unpaired) electrons. The highest BCUT2D eigenvalue weighted by Gasteiger charge is 2.30. The zero-order valence-electron chi connectivity index (χ0n) is 20.1. The van der Waals surface area contributed by atoms with Crippen LogP contribution in [0.1, 0.15) is 61.8 Å². The molecule has 37 heavy (non-hydrogen) atoms. The average Bonchev–Trinajstić information content (AvgIpc) is 3.44. The molecule has 1 fully saturated rings. The molecule has 1 N–H and O–H groups in total. The van der Waals surface area contributed by atoms with E-state index in [4.69, 9.17) is 16.4 Å². The van der Waals surface area contributed by atoms with Gasteiger partial charge in [0.1, 0.15) is 5.00 Å². The number of nitrogens with one attached hydrogen (secondary N) is 1. The molecule has 1 saturated carbocycles. The number of halogens is 1. The number of tetrazole rings is 1. The fourth-order valence-corrected chi connectivity index (χ4v) is 5.21. The summed E-state index contributed by atoms with van der Waals surface area (Å²) in [6.07, 6.45) is 5.18. The molecule has 0 amide bonds. The number of thiazole rings is 1. The van der Waals surface area contributed by atoms with E-state index >= 15 is 0 Å². The van der Waals surface area contributed by atoms with Gasteiger partial charge in [0.2, 0.25) is 0 Å². The Kier molecular flexibility index (Phi) is 6.09. The number of benzene rings is 1. The molecule has 1 aliphatic carbocycles. The summed E-state index contributed by atoms with van der Waals surface area (Å²) in [4.78, 5) is 28.7. The average molecular weight is 535 g/mol. The van der Waals surface area contributed by atoms with Crippen LogP contribution in [0, 0.1) is 0 Å². The van der Waals surface area contributed by atoms with Crippen LogP contribution in [0.3, 0.4) is 0 Å². The van der Waals surface area contributed by atoms with E-state index in [1.807, 2.05) is 44.2 Å². The number of rotatable bonds is 8. The molecule has 0 bridgehead atoms. The van der Waals surface area contributed by atoms with Gasteiger partial charge in [-0.2, -0.15) is 4.68 Å². The molecule has 0 saturated heterocycles. The lowest BCUT2D eigenvalue weighted by atomic mass is 10.1. The molecule has 5 aromatic rings. The zero-order chi connectivity index (χ0) is 25.5. The van der Waals surface area contributed by atoms with Crippen LogP contribution in [0.5, 0.6) is 0 Å². The molecule has 12 heteroatoms. The standard InChI is InChI=1S/C25H23ClN8O2S/c1-14(29-25-28-13-22(37-25)33-23(16-6-7-16)30-31-32-33)19-12-17-11-18(26)8-9-21(17)34(24(19)35)36-15(2)20-5-3-4-10-27-20/h3-5,8-16H,6-7H2,1-2H3,(H,28,29)/t14-,15+/m0/s1. The summed E-state index contributed by atoms with van der Waals surface area (Å²) in [5.41, 5.74) is 1.58. The van der Waals surface area contributed by atoms with Crippen LogP contribution < -0.4 is 15.7 Å². The minimum absolute atomic E-state index is 0.272. The van der Waals surface area contributed by atoms with Gasteiger partial charge in [-0.25, -0.2) is 4.98 Å². The van der Waals surface area contributed by atoms with Crippen LogP contribution in [0.25, 0.3) is 15.9 Å². The molecule has 1 aliphatic rings. The number of aromatic nitrogens is 7. The van der Waals surface area contributed by atoms with Crippen LogP contribution in [-0.4, -0.2) is 34.9 Å². The van der Waals surface area contributed by atoms with Gasteiger partial charge in [0, 0.05) is 28.1 Å². The summed E-state index contributed by atoms with van der Waals surface area (Å²) in [6.45, 7) is 3.77. The SMILES string of the molecule is C[C@H](Nc1ncc(-n2nnnc2C2CC2)s1)c1cc2cc(Cl)ccc2n(O[C@H](C)c2ccccn2)c1=O. The molecule has 0 aliphatic heterocycles. The minimum Gasteiger partial charge on any atom is -0.401 e. The van der Waals surface area contributed by atoms with Crippen molar-refractivity contribution in [3.63, 3.8) is 0 Å². The van der Waals surface area contributed by atoms with Gasteiger partial charge in [-0.15, -0.1) is 9.83 Å². The van der Waals surface area contributed by atoms with Crippen molar-refractivity contribution in [2.24, 2.45) is 0 Å². The van der Waals surface area contributed by atoms with Crippen molar-refractivity contribution in [1.29, 1.82) is 0 Å². The molecule has 4 heterocycles. The predicted molar refractivity (Wildman–Crippen MR) is 141 cm³/mol. The highest BCUT2D eigenvalue weighted by Crippen LogP contribution is 2.40. The first kappa shape index (κ1) is 23.6. The third-order valence-electron chi connectivity index (χ3n) is 6.26. The van der Waals surface area contributed by atoms with Crippen molar-refractivity contribution in [2.75, 3.05) is 5.32 Å². The number of nitrogens with zero attached hydrogens (tertiary/aromatic N) is 7. The lowest BCUT2D eigenvalue weighted by Gasteiger charge is -2.20. The maximum atomic E-state index is 13.7. The molecular formula is C25H23ClN8O2S. The number of anilines is 1. The zero-order valence-corrected chi connectivity index (χ0v) is 21.6. The minimum atomic E-state index is -0.449. The van der Waals surface area contributed by atoms with Gasteiger partial charge in [-0.3, -0.25) is 9.78 Å². The van der Waals surface area contributed by atoms with Gasteiger partial charge in [-0.05, 0) is 73.5 Å². The normalized spacial score (nSPS) is 15.0. The molecule has 0 unspecified atom stereocenters. The molecular weight excluding hydrogens is 512 g/mol. The van der Waals surface area contributed by atoms with Crippen LogP contribution in [0.15, 0.2) is 59.7 Å². The summed E-state index contributed by atoms with van der Waals surface area (Å²) >= 11 is 7.71. The Hall–Kier alpha value is -3.83. The third-order valence-corrected chi connectivity index (χ3v) is 7.40. The Labute approximate surface area is 220 Å². The Morgan fingerprint density at radius 2 is 2.03 bits per heavy atom. The first-order valence-corrected chi connectivity index (χ1v) is 13.1. The van der Waals surface area contributed by atoms with Gasteiger partial charge in [0.25, 0.3) is 5.56 Å². The molecule has 6 rings (SSSR count). The lowest BCUT2D eigenvalue weighted by Crippen LogP contribution is -2.33. The second kappa shape index (κ2) is 9.56. The Bertz CT molecular complexity index is 1630. The van der Waals surface area contributed by atoms with E-state index < -0.39 is 6.10 Å². The van der Waals surface area contributed by atoms with Crippen LogP contribution in [0.2, 0.25) is 5.02 Å². The van der Waals surface area contributed by atoms with Crippen LogP contribution in [0.4, 0.5) is 5.13 Å². The van der Waals surface area contributed by atoms with Gasteiger partial charge >= 0.3 is 0 Å². The lowest BCUT2D eigenvalue weighted by molar-refractivity contribution is 0.0464. The van der Waals surface area contributed by atoms with Gasteiger partial charge < -0.3 is 10.2 Å². The van der Waals surface area contributed by atoms with E-state index in [2.05, 4.69) is 30.8 Å². The van der Waals surface area contributed by atoms with Crippen molar-refractivity contribution in [1.82, 2.24) is 34.9 Å². The summed E-state index contributed by atoms with van der Waals surface area (Å²) in [7, 11) is 0. The van der Waals surface area contributed by atoms with Gasteiger partial charge in [-0.1, -0.05) is 29.0 Å². The summed E-state index contributed by atoms with van der Waals surface area (Å²) in [5, 5.41) is 18.3. The first-order valence-electron chi connectivity index (χ1n) is 11.9. The Morgan fingerprint density at radius 1 is 1.16 bits per heavy atom. The molecule has 1 aromatic carbocycles. The maximum Gasteiger partial charge on any atom is 0.288 e.